The predicted octanol–water partition coefficient (Wildman–Crippen LogP) is 2.59. The van der Waals surface area contributed by atoms with E-state index < -0.39 is 0 Å². The number of nitrogens with zero attached hydrogens (tertiary/aromatic N) is 4. The maximum Gasteiger partial charge on any atom is 0.231 e. The summed E-state index contributed by atoms with van der Waals surface area (Å²) >= 11 is 1.47. The second kappa shape index (κ2) is 6.47. The number of piperidine rings is 1. The lowest BCUT2D eigenvalue weighted by Gasteiger charge is -2.32. The van der Waals surface area contributed by atoms with Crippen LogP contribution in [-0.2, 0) is 17.6 Å². The van der Waals surface area contributed by atoms with Gasteiger partial charge in [-0.1, -0.05) is 0 Å². The van der Waals surface area contributed by atoms with Gasteiger partial charge in [0.15, 0.2) is 10.9 Å². The van der Waals surface area contributed by atoms with Gasteiger partial charge in [0.2, 0.25) is 5.91 Å². The number of thiazole rings is 1. The largest absolute Gasteiger partial charge is 0.354 e. The lowest BCUT2D eigenvalue weighted by molar-refractivity contribution is -0.120. The molecule has 24 heavy (non-hydrogen) atoms. The van der Waals surface area contributed by atoms with Crippen LogP contribution in [0, 0.1) is 12.8 Å². The average molecular weight is 343 g/mol. The van der Waals surface area contributed by atoms with E-state index in [0.29, 0.717) is 11.7 Å². The SMILES string of the molecule is Cc1csc(NC(=O)C2CCCN(c3cc4c(nn3)CCC4)C2)n1. The van der Waals surface area contributed by atoms with Crippen LogP contribution in [0.15, 0.2) is 11.4 Å². The third kappa shape index (κ3) is 3.13. The molecule has 1 atom stereocenters. The number of fused-ring (bicyclic) bond motifs is 1. The highest BCUT2D eigenvalue weighted by molar-refractivity contribution is 7.13. The molecule has 3 heterocycles. The van der Waals surface area contributed by atoms with Gasteiger partial charge in [0.25, 0.3) is 0 Å². The van der Waals surface area contributed by atoms with Crippen molar-refractivity contribution in [2.24, 2.45) is 5.92 Å². The molecule has 4 rings (SSSR count). The zero-order valence-corrected chi connectivity index (χ0v) is 14.6. The monoisotopic (exact) mass is 343 g/mol. The van der Waals surface area contributed by atoms with Crippen molar-refractivity contribution in [2.75, 3.05) is 23.3 Å². The van der Waals surface area contributed by atoms with Crippen LogP contribution < -0.4 is 10.2 Å². The molecule has 1 fully saturated rings. The van der Waals surface area contributed by atoms with E-state index in [9.17, 15) is 4.79 Å². The Morgan fingerprint density at radius 2 is 2.25 bits per heavy atom. The molecule has 7 heteroatoms. The Morgan fingerprint density at radius 3 is 3.08 bits per heavy atom. The fourth-order valence-corrected chi connectivity index (χ4v) is 4.18. The molecule has 0 saturated carbocycles. The summed E-state index contributed by atoms with van der Waals surface area (Å²) in [5, 5.41) is 14.3. The summed E-state index contributed by atoms with van der Waals surface area (Å²) in [5.74, 6) is 0.944. The second-order valence-electron chi connectivity index (χ2n) is 6.60. The van der Waals surface area contributed by atoms with Crippen molar-refractivity contribution in [3.63, 3.8) is 0 Å². The molecule has 0 bridgehead atoms. The van der Waals surface area contributed by atoms with Gasteiger partial charge in [-0.25, -0.2) is 4.98 Å². The topological polar surface area (TPSA) is 71.0 Å². The minimum atomic E-state index is -0.0296. The predicted molar refractivity (Wildman–Crippen MR) is 94.5 cm³/mol. The molecule has 126 valence electrons. The van der Waals surface area contributed by atoms with Gasteiger partial charge < -0.3 is 10.2 Å². The molecule has 6 nitrogen and oxygen atoms in total. The Kier molecular flexibility index (Phi) is 4.18. The highest BCUT2D eigenvalue weighted by Gasteiger charge is 2.28. The number of carbonyl (C=O) groups excluding carboxylic acids is 1. The third-order valence-electron chi connectivity index (χ3n) is 4.77. The summed E-state index contributed by atoms with van der Waals surface area (Å²) in [6, 6.07) is 2.17. The number of hydrogen-bond acceptors (Lipinski definition) is 6. The van der Waals surface area contributed by atoms with E-state index in [2.05, 4.69) is 31.5 Å². The first-order valence-electron chi connectivity index (χ1n) is 8.52. The van der Waals surface area contributed by atoms with E-state index in [1.54, 1.807) is 0 Å². The maximum atomic E-state index is 12.5. The molecule has 1 saturated heterocycles. The Hall–Kier alpha value is -2.02. The van der Waals surface area contributed by atoms with Crippen LogP contribution >= 0.6 is 11.3 Å². The lowest BCUT2D eigenvalue weighted by Crippen LogP contribution is -2.41. The average Bonchev–Trinajstić information content (AvgIpc) is 3.23. The fourth-order valence-electron chi connectivity index (χ4n) is 3.49. The van der Waals surface area contributed by atoms with Crippen molar-refractivity contribution in [1.29, 1.82) is 0 Å². The van der Waals surface area contributed by atoms with E-state index >= 15 is 0 Å². The van der Waals surface area contributed by atoms with Gasteiger partial charge in [-0.2, -0.15) is 5.10 Å². The Bertz CT molecular complexity index is 759. The molecule has 0 radical (unpaired) electrons. The standard InChI is InChI=1S/C17H21N5OS/c1-11-10-24-17(18-11)19-16(23)13-5-3-7-22(9-13)15-8-12-4-2-6-14(12)20-21-15/h8,10,13H,2-7,9H2,1H3,(H,18,19,23). The summed E-state index contributed by atoms with van der Waals surface area (Å²) in [4.78, 5) is 19.0. The van der Waals surface area contributed by atoms with Crippen molar-refractivity contribution in [3.8, 4) is 0 Å². The van der Waals surface area contributed by atoms with E-state index in [4.69, 9.17) is 0 Å². The maximum absolute atomic E-state index is 12.5. The van der Waals surface area contributed by atoms with Gasteiger partial charge in [-0.05, 0) is 50.7 Å². The number of hydrogen-bond donors (Lipinski definition) is 1. The number of rotatable bonds is 3. The molecule has 0 spiro atoms. The Morgan fingerprint density at radius 1 is 1.33 bits per heavy atom. The molecule has 1 unspecified atom stereocenters. The van der Waals surface area contributed by atoms with Gasteiger partial charge >= 0.3 is 0 Å². The molecular weight excluding hydrogens is 322 g/mol. The molecule has 2 aromatic heterocycles. The normalized spacial score (nSPS) is 20.0. The molecule has 0 aromatic carbocycles. The number of amides is 1. The molecule has 1 aliphatic heterocycles. The lowest BCUT2D eigenvalue weighted by atomic mass is 9.97. The molecular formula is C17H21N5OS. The smallest absolute Gasteiger partial charge is 0.231 e. The van der Waals surface area contributed by atoms with Crippen LogP contribution in [-0.4, -0.2) is 34.2 Å². The minimum Gasteiger partial charge on any atom is -0.354 e. The zero-order chi connectivity index (χ0) is 16.5. The summed E-state index contributed by atoms with van der Waals surface area (Å²) in [5.41, 5.74) is 3.41. The van der Waals surface area contributed by atoms with Crippen LogP contribution in [0.5, 0.6) is 0 Å². The molecule has 1 aliphatic carbocycles. The second-order valence-corrected chi connectivity index (χ2v) is 7.45. The zero-order valence-electron chi connectivity index (χ0n) is 13.8. The molecule has 2 aliphatic rings. The van der Waals surface area contributed by atoms with Crippen LogP contribution in [0.1, 0.15) is 36.2 Å². The number of nitrogens with one attached hydrogen (secondary N) is 1. The van der Waals surface area contributed by atoms with Gasteiger partial charge in [0.05, 0.1) is 17.3 Å². The number of aromatic nitrogens is 3. The van der Waals surface area contributed by atoms with Crippen molar-refractivity contribution < 1.29 is 4.79 Å². The van der Waals surface area contributed by atoms with Crippen LogP contribution in [0.25, 0.3) is 0 Å². The van der Waals surface area contributed by atoms with Gasteiger partial charge in [-0.15, -0.1) is 16.4 Å². The quantitative estimate of drug-likeness (QED) is 0.927. The molecule has 1 amide bonds. The number of carbonyl (C=O) groups is 1. The van der Waals surface area contributed by atoms with Crippen LogP contribution in [0.2, 0.25) is 0 Å². The fraction of sp³-hybridized carbons (Fsp3) is 0.529. The summed E-state index contributed by atoms with van der Waals surface area (Å²) in [7, 11) is 0. The molecule has 2 aromatic rings. The van der Waals surface area contributed by atoms with Gasteiger partial charge in [0.1, 0.15) is 0 Å². The highest BCUT2D eigenvalue weighted by atomic mass is 32.1. The summed E-state index contributed by atoms with van der Waals surface area (Å²) < 4.78 is 0. The highest BCUT2D eigenvalue weighted by Crippen LogP contribution is 2.27. The first-order valence-corrected chi connectivity index (χ1v) is 9.40. The Balaban J connectivity index is 1.44. The van der Waals surface area contributed by atoms with Gasteiger partial charge in [0, 0.05) is 18.5 Å². The number of anilines is 2. The van der Waals surface area contributed by atoms with E-state index in [0.717, 1.165) is 49.4 Å². The molecule has 1 N–H and O–H groups in total. The van der Waals surface area contributed by atoms with Gasteiger partial charge in [-0.3, -0.25) is 4.79 Å². The first kappa shape index (κ1) is 15.5. The van der Waals surface area contributed by atoms with Crippen molar-refractivity contribution in [3.05, 3.63) is 28.4 Å². The summed E-state index contributed by atoms with van der Waals surface area (Å²) in [6.45, 7) is 3.57. The van der Waals surface area contributed by atoms with E-state index in [1.165, 1.54) is 23.3 Å². The number of aryl methyl sites for hydroxylation is 3. The van der Waals surface area contributed by atoms with Crippen LogP contribution in [0.3, 0.4) is 0 Å². The van der Waals surface area contributed by atoms with Crippen molar-refractivity contribution in [2.45, 2.75) is 39.0 Å². The van der Waals surface area contributed by atoms with Crippen molar-refractivity contribution >= 4 is 28.2 Å². The third-order valence-corrected chi connectivity index (χ3v) is 5.65. The van der Waals surface area contributed by atoms with E-state index in [1.807, 2.05) is 12.3 Å². The first-order chi connectivity index (χ1) is 11.7. The summed E-state index contributed by atoms with van der Waals surface area (Å²) in [6.07, 6.45) is 5.21. The van der Waals surface area contributed by atoms with Crippen molar-refractivity contribution in [1.82, 2.24) is 15.2 Å². The minimum absolute atomic E-state index is 0.0296. The van der Waals surface area contributed by atoms with E-state index in [-0.39, 0.29) is 11.8 Å². The van der Waals surface area contributed by atoms with Crippen LogP contribution in [0.4, 0.5) is 10.9 Å². The Labute approximate surface area is 145 Å².